The second kappa shape index (κ2) is 3.91. The minimum Gasteiger partial charge on any atom is -0.360 e. The summed E-state index contributed by atoms with van der Waals surface area (Å²) in [5.74, 6) is 0.946. The zero-order chi connectivity index (χ0) is 11.8. The third-order valence-electron chi connectivity index (χ3n) is 2.66. The molecule has 1 aromatic carbocycles. The van der Waals surface area contributed by atoms with Crippen molar-refractivity contribution in [2.24, 2.45) is 5.73 Å². The number of hydrogen-bond donors (Lipinski definition) is 1. The number of nitrogens with zero attached hydrogens (tertiary/aromatic N) is 1. The Morgan fingerprint density at radius 3 is 2.69 bits per heavy atom. The molecule has 0 saturated heterocycles. The first-order valence-corrected chi connectivity index (χ1v) is 5.61. The van der Waals surface area contributed by atoms with Gasteiger partial charge in [0.2, 0.25) is 0 Å². The molecule has 16 heavy (non-hydrogen) atoms. The lowest BCUT2D eigenvalue weighted by Crippen LogP contribution is -2.09. The monoisotopic (exact) mass is 218 g/mol. The molecular weight excluding hydrogens is 200 g/mol. The Labute approximate surface area is 95.6 Å². The van der Waals surface area contributed by atoms with Crippen molar-refractivity contribution in [3.05, 3.63) is 29.5 Å². The van der Waals surface area contributed by atoms with Gasteiger partial charge in [-0.25, -0.2) is 0 Å². The van der Waals surface area contributed by atoms with Crippen molar-refractivity contribution in [2.75, 3.05) is 6.54 Å². The van der Waals surface area contributed by atoms with E-state index in [9.17, 15) is 0 Å². The molecule has 2 rings (SSSR count). The van der Waals surface area contributed by atoms with E-state index in [1.54, 1.807) is 0 Å². The molecule has 2 N–H and O–H groups in total. The van der Waals surface area contributed by atoms with Crippen LogP contribution in [0.25, 0.3) is 10.9 Å². The van der Waals surface area contributed by atoms with Crippen LogP contribution in [0.1, 0.15) is 32.1 Å². The Morgan fingerprint density at radius 1 is 1.31 bits per heavy atom. The van der Waals surface area contributed by atoms with Gasteiger partial charge in [0.25, 0.3) is 0 Å². The summed E-state index contributed by atoms with van der Waals surface area (Å²) in [5, 5.41) is 5.22. The Morgan fingerprint density at radius 2 is 2.06 bits per heavy atom. The number of hydrogen-bond acceptors (Lipinski definition) is 3. The maximum atomic E-state index is 5.54. The van der Waals surface area contributed by atoms with Gasteiger partial charge in [0, 0.05) is 10.8 Å². The third kappa shape index (κ3) is 1.95. The molecule has 0 fully saturated rings. The van der Waals surface area contributed by atoms with E-state index in [-0.39, 0.29) is 5.41 Å². The molecule has 0 bridgehead atoms. The second-order valence-electron chi connectivity index (χ2n) is 5.15. The molecular formula is C13H18N2O. The first-order valence-electron chi connectivity index (χ1n) is 5.61. The zero-order valence-electron chi connectivity index (χ0n) is 10.1. The molecule has 1 heterocycles. The highest BCUT2D eigenvalue weighted by Gasteiger charge is 2.22. The number of fused-ring (bicyclic) bond motifs is 1. The van der Waals surface area contributed by atoms with E-state index < -0.39 is 0 Å². The van der Waals surface area contributed by atoms with Gasteiger partial charge in [-0.05, 0) is 30.7 Å². The van der Waals surface area contributed by atoms with E-state index in [4.69, 9.17) is 10.3 Å². The van der Waals surface area contributed by atoms with Crippen molar-refractivity contribution in [2.45, 2.75) is 32.6 Å². The van der Waals surface area contributed by atoms with Crippen LogP contribution in [-0.2, 0) is 11.8 Å². The van der Waals surface area contributed by atoms with Crippen molar-refractivity contribution < 1.29 is 4.52 Å². The van der Waals surface area contributed by atoms with E-state index in [0.29, 0.717) is 6.54 Å². The molecule has 2 aromatic rings. The molecule has 0 atom stereocenters. The van der Waals surface area contributed by atoms with Crippen molar-refractivity contribution in [1.82, 2.24) is 5.16 Å². The van der Waals surface area contributed by atoms with Crippen molar-refractivity contribution >= 4 is 10.9 Å². The smallest absolute Gasteiger partial charge is 0.149 e. The minimum absolute atomic E-state index is 0.00979. The molecule has 0 spiro atoms. The predicted molar refractivity (Wildman–Crippen MR) is 65.5 cm³/mol. The Balaban J connectivity index is 2.51. The third-order valence-corrected chi connectivity index (χ3v) is 2.66. The number of nitrogens with two attached hydrogens (primary N) is 1. The van der Waals surface area contributed by atoms with Gasteiger partial charge in [0.1, 0.15) is 11.3 Å². The van der Waals surface area contributed by atoms with Crippen molar-refractivity contribution in [3.8, 4) is 0 Å². The highest BCUT2D eigenvalue weighted by molar-refractivity contribution is 5.82. The van der Waals surface area contributed by atoms with E-state index in [1.165, 1.54) is 5.56 Å². The van der Waals surface area contributed by atoms with Crippen LogP contribution in [0.2, 0.25) is 0 Å². The van der Waals surface area contributed by atoms with E-state index >= 15 is 0 Å². The van der Waals surface area contributed by atoms with Crippen LogP contribution in [-0.4, -0.2) is 11.7 Å². The molecule has 3 nitrogen and oxygen atoms in total. The summed E-state index contributed by atoms with van der Waals surface area (Å²) in [6, 6.07) is 6.24. The molecule has 0 unspecified atom stereocenters. The van der Waals surface area contributed by atoms with E-state index in [0.717, 1.165) is 23.1 Å². The minimum atomic E-state index is -0.00979. The maximum absolute atomic E-state index is 5.54. The van der Waals surface area contributed by atoms with Gasteiger partial charge in [-0.3, -0.25) is 0 Å². The first-order chi connectivity index (χ1) is 7.52. The van der Waals surface area contributed by atoms with Crippen molar-refractivity contribution in [1.29, 1.82) is 0 Å². The largest absolute Gasteiger partial charge is 0.360 e. The summed E-state index contributed by atoms with van der Waals surface area (Å²) in [5.41, 5.74) is 7.66. The summed E-state index contributed by atoms with van der Waals surface area (Å²) >= 11 is 0. The Hall–Kier alpha value is -1.35. The summed E-state index contributed by atoms with van der Waals surface area (Å²) in [6.07, 6.45) is 0.883. The highest BCUT2D eigenvalue weighted by Crippen LogP contribution is 2.30. The summed E-state index contributed by atoms with van der Waals surface area (Å²) in [7, 11) is 0. The van der Waals surface area contributed by atoms with Crippen LogP contribution in [0.4, 0.5) is 0 Å². The molecule has 0 radical (unpaired) electrons. The maximum Gasteiger partial charge on any atom is 0.149 e. The van der Waals surface area contributed by atoms with Gasteiger partial charge in [0.05, 0.1) is 0 Å². The van der Waals surface area contributed by atoms with E-state index in [2.05, 4.69) is 44.1 Å². The average molecular weight is 218 g/mol. The predicted octanol–water partition coefficient (Wildman–Crippen LogP) is 2.63. The fourth-order valence-corrected chi connectivity index (χ4v) is 1.85. The van der Waals surface area contributed by atoms with Crippen LogP contribution < -0.4 is 5.73 Å². The second-order valence-corrected chi connectivity index (χ2v) is 5.15. The quantitative estimate of drug-likeness (QED) is 0.843. The van der Waals surface area contributed by atoms with Gasteiger partial charge in [0.15, 0.2) is 0 Å². The summed E-state index contributed by atoms with van der Waals surface area (Å²) in [6.45, 7) is 7.04. The Bertz CT molecular complexity index is 494. The zero-order valence-corrected chi connectivity index (χ0v) is 10.1. The molecule has 3 heteroatoms. The van der Waals surface area contributed by atoms with Crippen LogP contribution in [0.15, 0.2) is 22.7 Å². The van der Waals surface area contributed by atoms with Crippen LogP contribution in [0, 0.1) is 0 Å². The molecule has 0 saturated carbocycles. The van der Waals surface area contributed by atoms with E-state index in [1.807, 2.05) is 0 Å². The number of rotatable bonds is 2. The van der Waals surface area contributed by atoms with Crippen molar-refractivity contribution in [3.63, 3.8) is 0 Å². The molecule has 0 aliphatic carbocycles. The first kappa shape index (κ1) is 11.1. The van der Waals surface area contributed by atoms with Gasteiger partial charge in [-0.1, -0.05) is 32.0 Å². The molecule has 0 aliphatic heterocycles. The lowest BCUT2D eigenvalue weighted by molar-refractivity contribution is 0.336. The lowest BCUT2D eigenvalue weighted by atomic mass is 9.90. The van der Waals surface area contributed by atoms with Gasteiger partial charge in [-0.2, -0.15) is 0 Å². The van der Waals surface area contributed by atoms with Gasteiger partial charge >= 0.3 is 0 Å². The number of benzene rings is 1. The fourth-order valence-electron chi connectivity index (χ4n) is 1.85. The number of aromatic nitrogens is 1. The molecule has 86 valence electrons. The molecule has 0 amide bonds. The highest BCUT2D eigenvalue weighted by atomic mass is 16.5. The average Bonchev–Trinajstić information content (AvgIpc) is 2.60. The summed E-state index contributed by atoms with van der Waals surface area (Å²) in [4.78, 5) is 0. The van der Waals surface area contributed by atoms with Gasteiger partial charge < -0.3 is 10.3 Å². The normalized spacial score (nSPS) is 12.2. The fraction of sp³-hybridized carbons (Fsp3) is 0.462. The SMILES string of the molecule is CC(C)(C)c1onc2cc(CCN)ccc12. The van der Waals surface area contributed by atoms with Crippen LogP contribution in [0.3, 0.4) is 0 Å². The standard InChI is InChI=1S/C13H18N2O/c1-13(2,3)12-10-5-4-9(6-7-14)8-11(10)15-16-12/h4-5,8H,6-7,14H2,1-3H3. The lowest BCUT2D eigenvalue weighted by Gasteiger charge is -2.13. The topological polar surface area (TPSA) is 52.0 Å². The van der Waals surface area contributed by atoms with Crippen LogP contribution >= 0.6 is 0 Å². The van der Waals surface area contributed by atoms with Gasteiger partial charge in [-0.15, -0.1) is 0 Å². The molecule has 1 aromatic heterocycles. The molecule has 0 aliphatic rings. The Kier molecular flexibility index (Phi) is 2.72. The summed E-state index contributed by atoms with van der Waals surface area (Å²) < 4.78 is 5.43. The van der Waals surface area contributed by atoms with Crippen LogP contribution in [0.5, 0.6) is 0 Å².